The van der Waals surface area contributed by atoms with Crippen LogP contribution >= 0.6 is 0 Å². The van der Waals surface area contributed by atoms with E-state index < -0.39 is 0 Å². The van der Waals surface area contributed by atoms with Crippen molar-refractivity contribution in [2.45, 2.75) is 0 Å². The molecule has 0 spiro atoms. The van der Waals surface area contributed by atoms with Crippen molar-refractivity contribution in [1.82, 2.24) is 0 Å². The fraction of sp³-hybridized carbons (Fsp3) is 0.0625. The van der Waals surface area contributed by atoms with Crippen LogP contribution < -0.4 is 10.1 Å². The molecule has 1 N–H and O–H groups in total. The zero-order chi connectivity index (χ0) is 13.9. The number of nitrogens with one attached hydrogen (secondary N) is 1. The zero-order valence-electron chi connectivity index (χ0n) is 10.9. The molecule has 0 aliphatic heterocycles. The second-order valence-electron chi connectivity index (χ2n) is 4.33. The predicted octanol–water partition coefficient (Wildman–Crippen LogP) is 3.69. The third-order valence-corrected chi connectivity index (χ3v) is 3.01. The Labute approximate surface area is 116 Å². The molecule has 0 saturated heterocycles. The molecule has 0 aliphatic rings. The van der Waals surface area contributed by atoms with Gasteiger partial charge in [-0.3, -0.25) is 10.1 Å². The predicted molar refractivity (Wildman–Crippen MR) is 77.2 cm³/mol. The van der Waals surface area contributed by atoms with Crippen LogP contribution in [0.4, 0.5) is 5.88 Å². The SMILES string of the molecule is COc1ccc(C(=O)Nc2cc3ccccc3o2)cc1. The van der Waals surface area contributed by atoms with Crippen molar-refractivity contribution in [3.8, 4) is 5.75 Å². The van der Waals surface area contributed by atoms with Gasteiger partial charge in [-0.1, -0.05) is 18.2 Å². The third kappa shape index (κ3) is 2.36. The average molecular weight is 267 g/mol. The number of para-hydroxylation sites is 1. The average Bonchev–Trinajstić information content (AvgIpc) is 2.89. The first-order valence-electron chi connectivity index (χ1n) is 6.20. The van der Waals surface area contributed by atoms with Gasteiger partial charge >= 0.3 is 0 Å². The van der Waals surface area contributed by atoms with Gasteiger partial charge in [-0.15, -0.1) is 0 Å². The number of rotatable bonds is 3. The smallest absolute Gasteiger partial charge is 0.257 e. The monoisotopic (exact) mass is 267 g/mol. The largest absolute Gasteiger partial charge is 0.497 e. The number of hydrogen-bond acceptors (Lipinski definition) is 3. The summed E-state index contributed by atoms with van der Waals surface area (Å²) in [5.74, 6) is 0.934. The molecule has 0 saturated carbocycles. The highest BCUT2D eigenvalue weighted by molar-refractivity contribution is 6.04. The number of fused-ring (bicyclic) bond motifs is 1. The summed E-state index contributed by atoms with van der Waals surface area (Å²) in [6, 6.07) is 16.3. The summed E-state index contributed by atoms with van der Waals surface area (Å²) in [6.45, 7) is 0. The minimum Gasteiger partial charge on any atom is -0.497 e. The van der Waals surface area contributed by atoms with Gasteiger partial charge in [0.25, 0.3) is 5.91 Å². The van der Waals surface area contributed by atoms with Gasteiger partial charge in [0.15, 0.2) is 0 Å². The molecule has 1 amide bonds. The minimum absolute atomic E-state index is 0.216. The van der Waals surface area contributed by atoms with Crippen LogP contribution in [0, 0.1) is 0 Å². The molecule has 0 bridgehead atoms. The van der Waals surface area contributed by atoms with Crippen molar-refractivity contribution in [1.29, 1.82) is 0 Å². The number of anilines is 1. The summed E-state index contributed by atoms with van der Waals surface area (Å²) in [7, 11) is 1.59. The Bertz CT molecular complexity index is 711. The molecule has 0 fully saturated rings. The fourth-order valence-corrected chi connectivity index (χ4v) is 1.97. The van der Waals surface area contributed by atoms with E-state index in [1.54, 1.807) is 37.4 Å². The number of carbonyl (C=O) groups excluding carboxylic acids is 1. The molecule has 1 heterocycles. The van der Waals surface area contributed by atoms with Crippen molar-refractivity contribution in [3.05, 3.63) is 60.2 Å². The van der Waals surface area contributed by atoms with Crippen molar-refractivity contribution < 1.29 is 13.9 Å². The Morgan fingerprint density at radius 3 is 2.55 bits per heavy atom. The first-order chi connectivity index (χ1) is 9.76. The normalized spacial score (nSPS) is 10.4. The van der Waals surface area contributed by atoms with E-state index in [-0.39, 0.29) is 5.91 Å². The summed E-state index contributed by atoms with van der Waals surface area (Å²) in [4.78, 5) is 12.1. The number of hydrogen-bond donors (Lipinski definition) is 1. The molecular formula is C16H13NO3. The van der Waals surface area contributed by atoms with Crippen LogP contribution in [0.1, 0.15) is 10.4 Å². The van der Waals surface area contributed by atoms with E-state index in [2.05, 4.69) is 5.32 Å². The van der Waals surface area contributed by atoms with E-state index in [1.807, 2.05) is 24.3 Å². The van der Waals surface area contributed by atoms with E-state index in [0.717, 1.165) is 11.0 Å². The molecule has 4 nitrogen and oxygen atoms in total. The summed E-state index contributed by atoms with van der Waals surface area (Å²) < 4.78 is 10.6. The van der Waals surface area contributed by atoms with Crippen LogP contribution in [0.2, 0.25) is 0 Å². The Kier molecular flexibility index (Phi) is 3.13. The lowest BCUT2D eigenvalue weighted by molar-refractivity contribution is 0.102. The van der Waals surface area contributed by atoms with Gasteiger partial charge in [-0.25, -0.2) is 0 Å². The maximum absolute atomic E-state index is 12.1. The lowest BCUT2D eigenvalue weighted by atomic mass is 10.2. The molecule has 0 radical (unpaired) electrons. The highest BCUT2D eigenvalue weighted by Gasteiger charge is 2.09. The second kappa shape index (κ2) is 5.09. The first kappa shape index (κ1) is 12.3. The van der Waals surface area contributed by atoms with Crippen molar-refractivity contribution in [2.75, 3.05) is 12.4 Å². The topological polar surface area (TPSA) is 51.5 Å². The van der Waals surface area contributed by atoms with Gasteiger partial charge < -0.3 is 9.15 Å². The van der Waals surface area contributed by atoms with Crippen LogP contribution in [0.3, 0.4) is 0 Å². The standard InChI is InChI=1S/C16H13NO3/c1-19-13-8-6-11(7-9-13)16(18)17-15-10-12-4-2-3-5-14(12)20-15/h2-10H,1H3,(H,17,18). The number of methoxy groups -OCH3 is 1. The Balaban J connectivity index is 1.80. The first-order valence-corrected chi connectivity index (χ1v) is 6.20. The van der Waals surface area contributed by atoms with Gasteiger partial charge in [0.2, 0.25) is 5.88 Å². The Morgan fingerprint density at radius 2 is 1.85 bits per heavy atom. The fourth-order valence-electron chi connectivity index (χ4n) is 1.97. The van der Waals surface area contributed by atoms with Gasteiger partial charge in [0.1, 0.15) is 11.3 Å². The van der Waals surface area contributed by atoms with Gasteiger partial charge in [0.05, 0.1) is 7.11 Å². The number of furan rings is 1. The highest BCUT2D eigenvalue weighted by Crippen LogP contribution is 2.23. The number of amides is 1. The van der Waals surface area contributed by atoms with Crippen LogP contribution in [0.5, 0.6) is 5.75 Å². The summed E-state index contributed by atoms with van der Waals surface area (Å²) in [6.07, 6.45) is 0. The Hall–Kier alpha value is -2.75. The summed E-state index contributed by atoms with van der Waals surface area (Å²) >= 11 is 0. The lowest BCUT2D eigenvalue weighted by Gasteiger charge is -2.03. The molecule has 3 rings (SSSR count). The molecule has 0 unspecified atom stereocenters. The van der Waals surface area contributed by atoms with E-state index in [1.165, 1.54) is 0 Å². The number of ether oxygens (including phenoxy) is 1. The quantitative estimate of drug-likeness (QED) is 0.787. The van der Waals surface area contributed by atoms with Crippen molar-refractivity contribution in [2.24, 2.45) is 0 Å². The van der Waals surface area contributed by atoms with Crippen LogP contribution in [0.15, 0.2) is 59.0 Å². The lowest BCUT2D eigenvalue weighted by Crippen LogP contribution is -2.10. The molecule has 2 aromatic carbocycles. The van der Waals surface area contributed by atoms with Crippen LogP contribution in [-0.4, -0.2) is 13.0 Å². The van der Waals surface area contributed by atoms with Crippen LogP contribution in [-0.2, 0) is 0 Å². The minimum atomic E-state index is -0.216. The Morgan fingerprint density at radius 1 is 1.10 bits per heavy atom. The van der Waals surface area contributed by atoms with Gasteiger partial charge in [0, 0.05) is 17.0 Å². The molecular weight excluding hydrogens is 254 g/mol. The second-order valence-corrected chi connectivity index (χ2v) is 4.33. The van der Waals surface area contributed by atoms with E-state index in [0.29, 0.717) is 17.2 Å². The molecule has 100 valence electrons. The molecule has 4 heteroatoms. The number of carbonyl (C=O) groups is 1. The van der Waals surface area contributed by atoms with Gasteiger partial charge in [-0.2, -0.15) is 0 Å². The van der Waals surface area contributed by atoms with E-state index in [4.69, 9.17) is 9.15 Å². The van der Waals surface area contributed by atoms with Crippen LogP contribution in [0.25, 0.3) is 11.0 Å². The maximum atomic E-state index is 12.1. The highest BCUT2D eigenvalue weighted by atomic mass is 16.5. The van der Waals surface area contributed by atoms with E-state index >= 15 is 0 Å². The summed E-state index contributed by atoms with van der Waals surface area (Å²) in [5, 5.41) is 3.69. The maximum Gasteiger partial charge on any atom is 0.257 e. The third-order valence-electron chi connectivity index (χ3n) is 3.01. The van der Waals surface area contributed by atoms with E-state index in [9.17, 15) is 4.79 Å². The molecule has 0 aliphatic carbocycles. The number of benzene rings is 2. The molecule has 0 atom stereocenters. The molecule has 1 aromatic heterocycles. The molecule has 20 heavy (non-hydrogen) atoms. The van der Waals surface area contributed by atoms with Gasteiger partial charge in [-0.05, 0) is 30.3 Å². The summed E-state index contributed by atoms with van der Waals surface area (Å²) in [5.41, 5.74) is 1.30. The van der Waals surface area contributed by atoms with Crippen molar-refractivity contribution in [3.63, 3.8) is 0 Å². The van der Waals surface area contributed by atoms with Crippen molar-refractivity contribution >= 4 is 22.8 Å². The molecule has 3 aromatic rings. The zero-order valence-corrected chi connectivity index (χ0v) is 10.9.